The minimum atomic E-state index is -0.200. The van der Waals surface area contributed by atoms with Gasteiger partial charge in [-0.3, -0.25) is 0 Å². The Balaban J connectivity index is 1.45. The Labute approximate surface area is 175 Å². The number of halogens is 1. The predicted octanol–water partition coefficient (Wildman–Crippen LogP) is 3.67. The number of hydrogen-bond acceptors (Lipinski definition) is 7. The maximum absolute atomic E-state index is 14.1. The van der Waals surface area contributed by atoms with Crippen molar-refractivity contribution < 1.29 is 9.13 Å². The van der Waals surface area contributed by atoms with Crippen LogP contribution < -0.4 is 25.6 Å². The molecule has 0 amide bonds. The minimum Gasteiger partial charge on any atom is -0.494 e. The van der Waals surface area contributed by atoms with Crippen molar-refractivity contribution >= 4 is 28.7 Å². The fourth-order valence-electron chi connectivity index (χ4n) is 3.54. The van der Waals surface area contributed by atoms with Crippen molar-refractivity contribution in [2.24, 2.45) is 0 Å². The normalized spacial score (nSPS) is 13.9. The van der Waals surface area contributed by atoms with E-state index in [9.17, 15) is 4.39 Å². The van der Waals surface area contributed by atoms with Crippen molar-refractivity contribution in [3.05, 3.63) is 60.7 Å². The number of hydrogen-bond donors (Lipinski definition) is 2. The molecule has 1 fully saturated rings. The number of para-hydroxylation sites is 1. The number of nitrogens with zero attached hydrogens (tertiary/aromatic N) is 4. The molecule has 1 saturated heterocycles. The Morgan fingerprint density at radius 3 is 2.40 bits per heavy atom. The summed E-state index contributed by atoms with van der Waals surface area (Å²) in [6, 6.07) is 14.5. The summed E-state index contributed by atoms with van der Waals surface area (Å²) >= 11 is 0. The van der Waals surface area contributed by atoms with Crippen LogP contribution in [0, 0.1) is 5.82 Å². The van der Waals surface area contributed by atoms with Crippen molar-refractivity contribution in [1.29, 1.82) is 0 Å². The summed E-state index contributed by atoms with van der Waals surface area (Å²) in [4.78, 5) is 12.8. The van der Waals surface area contributed by atoms with Crippen molar-refractivity contribution in [3.63, 3.8) is 0 Å². The summed E-state index contributed by atoms with van der Waals surface area (Å²) in [7, 11) is 0. The van der Waals surface area contributed by atoms with Crippen LogP contribution in [0.4, 0.5) is 33.1 Å². The molecule has 3 N–H and O–H groups in total. The Bertz CT molecular complexity index is 989. The van der Waals surface area contributed by atoms with Crippen LogP contribution in [0.25, 0.3) is 0 Å². The molecular weight excluding hydrogens is 383 g/mol. The largest absolute Gasteiger partial charge is 0.494 e. The molecule has 0 radical (unpaired) electrons. The third-order valence-corrected chi connectivity index (χ3v) is 5.06. The SMILES string of the molecule is CCOc1ccc(Nc2ncnc(N3CCN(c4ccccc4F)CC3)c2N)cc1. The first-order valence-electron chi connectivity index (χ1n) is 10.0. The Morgan fingerprint density at radius 1 is 1.00 bits per heavy atom. The molecule has 7 nitrogen and oxygen atoms in total. The van der Waals surface area contributed by atoms with Crippen LogP contribution in [0.1, 0.15) is 6.92 Å². The smallest absolute Gasteiger partial charge is 0.159 e. The van der Waals surface area contributed by atoms with E-state index >= 15 is 0 Å². The Kier molecular flexibility index (Phi) is 5.83. The molecule has 3 aromatic rings. The van der Waals surface area contributed by atoms with Crippen LogP contribution >= 0.6 is 0 Å². The maximum Gasteiger partial charge on any atom is 0.159 e. The molecule has 0 saturated carbocycles. The average molecular weight is 408 g/mol. The third-order valence-electron chi connectivity index (χ3n) is 5.06. The number of benzene rings is 2. The topological polar surface area (TPSA) is 79.5 Å². The van der Waals surface area contributed by atoms with Gasteiger partial charge in [0.05, 0.1) is 12.3 Å². The molecule has 2 heterocycles. The molecular formula is C22H25FN6O. The highest BCUT2D eigenvalue weighted by molar-refractivity contribution is 5.78. The van der Waals surface area contributed by atoms with E-state index in [1.165, 1.54) is 12.4 Å². The van der Waals surface area contributed by atoms with Crippen molar-refractivity contribution in [1.82, 2.24) is 9.97 Å². The van der Waals surface area contributed by atoms with Crippen molar-refractivity contribution in [3.8, 4) is 5.75 Å². The van der Waals surface area contributed by atoms with Crippen LogP contribution in [0.3, 0.4) is 0 Å². The summed E-state index contributed by atoms with van der Waals surface area (Å²) in [6.07, 6.45) is 1.51. The van der Waals surface area contributed by atoms with Gasteiger partial charge in [-0.15, -0.1) is 0 Å². The van der Waals surface area contributed by atoms with E-state index in [0.717, 1.165) is 11.4 Å². The highest BCUT2D eigenvalue weighted by Gasteiger charge is 2.22. The van der Waals surface area contributed by atoms with Crippen molar-refractivity contribution in [2.45, 2.75) is 6.92 Å². The average Bonchev–Trinajstić information content (AvgIpc) is 2.77. The van der Waals surface area contributed by atoms with Gasteiger partial charge in [0.2, 0.25) is 0 Å². The van der Waals surface area contributed by atoms with Gasteiger partial charge in [-0.2, -0.15) is 0 Å². The Morgan fingerprint density at radius 2 is 1.70 bits per heavy atom. The number of nitrogens with two attached hydrogens (primary N) is 1. The fraction of sp³-hybridized carbons (Fsp3) is 0.273. The van der Waals surface area contributed by atoms with Crippen LogP contribution in [-0.2, 0) is 0 Å². The zero-order chi connectivity index (χ0) is 20.9. The van der Waals surface area contributed by atoms with Crippen molar-refractivity contribution in [2.75, 3.05) is 53.6 Å². The lowest BCUT2D eigenvalue weighted by Crippen LogP contribution is -2.47. The highest BCUT2D eigenvalue weighted by Crippen LogP contribution is 2.30. The number of nitrogens with one attached hydrogen (secondary N) is 1. The van der Waals surface area contributed by atoms with Gasteiger partial charge in [0.1, 0.15) is 23.6 Å². The molecule has 1 aliphatic rings. The molecule has 0 atom stereocenters. The number of aromatic nitrogens is 2. The summed E-state index contributed by atoms with van der Waals surface area (Å²) in [5.41, 5.74) is 8.36. The van der Waals surface area contributed by atoms with E-state index in [1.54, 1.807) is 6.07 Å². The van der Waals surface area contributed by atoms with E-state index < -0.39 is 0 Å². The quantitative estimate of drug-likeness (QED) is 0.644. The minimum absolute atomic E-state index is 0.200. The number of nitrogen functional groups attached to an aromatic ring is 1. The zero-order valence-electron chi connectivity index (χ0n) is 16.9. The summed E-state index contributed by atoms with van der Waals surface area (Å²) in [5, 5.41) is 3.24. The predicted molar refractivity (Wildman–Crippen MR) is 118 cm³/mol. The molecule has 4 rings (SSSR count). The molecule has 1 aliphatic heterocycles. The molecule has 0 unspecified atom stereocenters. The van der Waals surface area contributed by atoms with E-state index in [0.29, 0.717) is 55.8 Å². The molecule has 0 spiro atoms. The van der Waals surface area contributed by atoms with E-state index in [4.69, 9.17) is 10.5 Å². The molecule has 0 bridgehead atoms. The molecule has 1 aromatic heterocycles. The first-order valence-corrected chi connectivity index (χ1v) is 10.0. The second-order valence-electron chi connectivity index (χ2n) is 6.97. The van der Waals surface area contributed by atoms with Gasteiger partial charge in [0.15, 0.2) is 11.6 Å². The van der Waals surface area contributed by atoms with Crippen LogP contribution in [0.2, 0.25) is 0 Å². The van der Waals surface area contributed by atoms with Gasteiger partial charge >= 0.3 is 0 Å². The van der Waals surface area contributed by atoms with Gasteiger partial charge in [-0.1, -0.05) is 12.1 Å². The van der Waals surface area contributed by atoms with Crippen LogP contribution in [0.5, 0.6) is 5.75 Å². The van der Waals surface area contributed by atoms with Gasteiger partial charge in [0.25, 0.3) is 0 Å². The molecule has 0 aliphatic carbocycles. The Hall–Kier alpha value is -3.55. The second-order valence-corrected chi connectivity index (χ2v) is 6.97. The molecule has 2 aromatic carbocycles. The summed E-state index contributed by atoms with van der Waals surface area (Å²) < 4.78 is 19.5. The van der Waals surface area contributed by atoms with Gasteiger partial charge < -0.3 is 25.6 Å². The lowest BCUT2D eigenvalue weighted by atomic mass is 10.2. The lowest BCUT2D eigenvalue weighted by Gasteiger charge is -2.37. The second kappa shape index (κ2) is 8.86. The van der Waals surface area contributed by atoms with Crippen LogP contribution in [0.15, 0.2) is 54.9 Å². The molecule has 8 heteroatoms. The van der Waals surface area contributed by atoms with Gasteiger partial charge in [-0.25, -0.2) is 14.4 Å². The number of piperazine rings is 1. The molecule has 30 heavy (non-hydrogen) atoms. The van der Waals surface area contributed by atoms with Gasteiger partial charge in [-0.05, 0) is 43.3 Å². The van der Waals surface area contributed by atoms with Crippen LogP contribution in [-0.4, -0.2) is 42.8 Å². The summed E-state index contributed by atoms with van der Waals surface area (Å²) in [5.74, 6) is 1.86. The first-order chi connectivity index (χ1) is 14.7. The fourth-order valence-corrected chi connectivity index (χ4v) is 3.54. The first kappa shape index (κ1) is 19.8. The lowest BCUT2D eigenvalue weighted by molar-refractivity contribution is 0.340. The van der Waals surface area contributed by atoms with E-state index in [2.05, 4.69) is 20.2 Å². The summed E-state index contributed by atoms with van der Waals surface area (Å²) in [6.45, 7) is 5.33. The highest BCUT2D eigenvalue weighted by atomic mass is 19.1. The van der Waals surface area contributed by atoms with E-state index in [1.807, 2.05) is 48.2 Å². The third kappa shape index (κ3) is 4.22. The molecule has 156 valence electrons. The maximum atomic E-state index is 14.1. The standard InChI is InChI=1S/C22H25FN6O/c1-2-30-17-9-7-16(8-10-17)27-21-20(24)22(26-15-25-21)29-13-11-28(12-14-29)19-6-4-3-5-18(19)23/h3-10,15H,2,11-14,24H2,1H3,(H,25,26,27). The number of ether oxygens (including phenoxy) is 1. The van der Waals surface area contributed by atoms with Gasteiger partial charge in [0, 0.05) is 31.9 Å². The zero-order valence-corrected chi connectivity index (χ0v) is 16.9. The monoisotopic (exact) mass is 408 g/mol. The number of anilines is 5. The van der Waals surface area contributed by atoms with E-state index in [-0.39, 0.29) is 5.82 Å². The number of rotatable bonds is 6.